The van der Waals surface area contributed by atoms with Crippen molar-refractivity contribution >= 4 is 55.8 Å². The van der Waals surface area contributed by atoms with Crippen LogP contribution in [0.4, 0.5) is 16.5 Å². The fourth-order valence-electron chi connectivity index (χ4n) is 3.31. The summed E-state index contributed by atoms with van der Waals surface area (Å²) in [6.45, 7) is 0.588. The molecule has 1 aromatic heterocycles. The van der Waals surface area contributed by atoms with Gasteiger partial charge in [0.1, 0.15) is 5.75 Å². The van der Waals surface area contributed by atoms with Crippen LogP contribution in [0.3, 0.4) is 0 Å². The van der Waals surface area contributed by atoms with Gasteiger partial charge >= 0.3 is 11.8 Å². The number of anilines is 3. The van der Waals surface area contributed by atoms with Gasteiger partial charge in [0.2, 0.25) is 5.91 Å². The number of nitrogens with zero attached hydrogens (tertiary/aromatic N) is 2. The molecule has 2 aromatic carbocycles. The fraction of sp³-hybridized carbons (Fsp3) is 0.238. The first-order valence-electron chi connectivity index (χ1n) is 9.51. The van der Waals surface area contributed by atoms with Crippen LogP contribution >= 0.6 is 11.3 Å². The molecule has 8 nitrogen and oxygen atoms in total. The number of piperidine rings is 1. The lowest BCUT2D eigenvalue weighted by Gasteiger charge is -2.28. The Kier molecular flexibility index (Phi) is 5.62. The standard InChI is InChI=1S/C21H20N4O4S/c1-29-16-10-9-13(12-15(16)25-11-5-4-8-18(25)26)22-19(27)20(28)24-21-23-14-6-2-3-7-17(14)30-21/h2-3,6-7,9-10,12H,4-5,8,11H2,1H3,(H,22,27)(H,23,24,28). The molecule has 1 fully saturated rings. The van der Waals surface area contributed by atoms with Crippen LogP contribution in [-0.2, 0) is 14.4 Å². The van der Waals surface area contributed by atoms with Crippen molar-refractivity contribution in [1.82, 2.24) is 4.98 Å². The molecule has 0 radical (unpaired) electrons. The Bertz CT molecular complexity index is 1090. The monoisotopic (exact) mass is 424 g/mol. The van der Waals surface area contributed by atoms with Gasteiger partial charge < -0.3 is 15.0 Å². The minimum absolute atomic E-state index is 0.0107. The molecule has 30 heavy (non-hydrogen) atoms. The van der Waals surface area contributed by atoms with E-state index >= 15 is 0 Å². The van der Waals surface area contributed by atoms with Gasteiger partial charge in [-0.15, -0.1) is 0 Å². The highest BCUT2D eigenvalue weighted by molar-refractivity contribution is 7.22. The summed E-state index contributed by atoms with van der Waals surface area (Å²) in [5.74, 6) is -1.10. The second-order valence-corrected chi connectivity index (χ2v) is 7.81. The maximum atomic E-state index is 12.4. The fourth-order valence-corrected chi connectivity index (χ4v) is 4.17. The first kappa shape index (κ1) is 19.8. The van der Waals surface area contributed by atoms with Gasteiger partial charge in [-0.2, -0.15) is 0 Å². The molecular formula is C21H20N4O4S. The molecule has 3 aromatic rings. The van der Waals surface area contributed by atoms with E-state index in [9.17, 15) is 14.4 Å². The number of fused-ring (bicyclic) bond motifs is 1. The third kappa shape index (κ3) is 4.11. The number of amides is 3. The van der Waals surface area contributed by atoms with E-state index in [4.69, 9.17) is 4.74 Å². The molecule has 4 rings (SSSR count). The molecule has 0 aliphatic carbocycles. The summed E-state index contributed by atoms with van der Waals surface area (Å²) < 4.78 is 6.29. The Morgan fingerprint density at radius 1 is 1.10 bits per heavy atom. The summed E-state index contributed by atoms with van der Waals surface area (Å²) in [5.41, 5.74) is 1.73. The molecule has 0 bridgehead atoms. The lowest BCUT2D eigenvalue weighted by atomic mass is 10.1. The molecule has 3 amide bonds. The highest BCUT2D eigenvalue weighted by atomic mass is 32.1. The number of methoxy groups -OCH3 is 1. The molecule has 9 heteroatoms. The van der Waals surface area contributed by atoms with Crippen molar-refractivity contribution in [3.05, 3.63) is 42.5 Å². The van der Waals surface area contributed by atoms with Crippen LogP contribution in [0.1, 0.15) is 19.3 Å². The Hall–Kier alpha value is -3.46. The van der Waals surface area contributed by atoms with Crippen LogP contribution < -0.4 is 20.3 Å². The predicted octanol–water partition coefficient (Wildman–Crippen LogP) is 3.40. The van der Waals surface area contributed by atoms with Crippen molar-refractivity contribution in [3.63, 3.8) is 0 Å². The van der Waals surface area contributed by atoms with E-state index in [-0.39, 0.29) is 5.91 Å². The van der Waals surface area contributed by atoms with E-state index in [1.165, 1.54) is 18.4 Å². The minimum Gasteiger partial charge on any atom is -0.495 e. The van der Waals surface area contributed by atoms with Crippen molar-refractivity contribution in [2.75, 3.05) is 29.2 Å². The molecule has 0 saturated carbocycles. The van der Waals surface area contributed by atoms with Gasteiger partial charge in [-0.1, -0.05) is 23.5 Å². The topological polar surface area (TPSA) is 101 Å². The molecule has 1 saturated heterocycles. The SMILES string of the molecule is COc1ccc(NC(=O)C(=O)Nc2nc3ccccc3s2)cc1N1CCCCC1=O. The summed E-state index contributed by atoms with van der Waals surface area (Å²) in [6, 6.07) is 12.4. The van der Waals surface area contributed by atoms with Crippen LogP contribution in [0.25, 0.3) is 10.2 Å². The smallest absolute Gasteiger partial charge is 0.315 e. The number of hydrogen-bond acceptors (Lipinski definition) is 6. The Balaban J connectivity index is 1.48. The van der Waals surface area contributed by atoms with E-state index in [2.05, 4.69) is 15.6 Å². The zero-order chi connectivity index (χ0) is 21.1. The van der Waals surface area contributed by atoms with Crippen LogP contribution in [0, 0.1) is 0 Å². The maximum Gasteiger partial charge on any atom is 0.315 e. The highest BCUT2D eigenvalue weighted by Crippen LogP contribution is 2.33. The summed E-state index contributed by atoms with van der Waals surface area (Å²) in [7, 11) is 1.52. The molecule has 1 aliphatic rings. The lowest BCUT2D eigenvalue weighted by molar-refractivity contribution is -0.132. The van der Waals surface area contributed by atoms with Gasteiger partial charge in [-0.3, -0.25) is 19.7 Å². The Morgan fingerprint density at radius 2 is 1.90 bits per heavy atom. The number of rotatable bonds is 4. The van der Waals surface area contributed by atoms with Crippen LogP contribution in [0.2, 0.25) is 0 Å². The van der Waals surface area contributed by atoms with Crippen molar-refractivity contribution in [3.8, 4) is 5.75 Å². The first-order valence-corrected chi connectivity index (χ1v) is 10.3. The zero-order valence-electron chi connectivity index (χ0n) is 16.3. The van der Waals surface area contributed by atoms with Crippen LogP contribution in [0.15, 0.2) is 42.5 Å². The largest absolute Gasteiger partial charge is 0.495 e. The Labute approximate surface area is 176 Å². The number of carbonyl (C=O) groups is 3. The van der Waals surface area contributed by atoms with Gasteiger partial charge in [0.05, 0.1) is 23.0 Å². The second kappa shape index (κ2) is 8.50. The minimum atomic E-state index is -0.824. The molecule has 1 aliphatic heterocycles. The summed E-state index contributed by atoms with van der Waals surface area (Å²) in [6.07, 6.45) is 2.24. The normalized spacial score (nSPS) is 13.9. The highest BCUT2D eigenvalue weighted by Gasteiger charge is 2.24. The van der Waals surface area contributed by atoms with Crippen LogP contribution in [0.5, 0.6) is 5.75 Å². The zero-order valence-corrected chi connectivity index (χ0v) is 17.1. The van der Waals surface area contributed by atoms with E-state index in [1.54, 1.807) is 23.1 Å². The van der Waals surface area contributed by atoms with Gasteiger partial charge in [-0.05, 0) is 43.2 Å². The maximum absolute atomic E-state index is 12.4. The summed E-state index contributed by atoms with van der Waals surface area (Å²) in [5, 5.41) is 5.45. The van der Waals surface area contributed by atoms with Crippen molar-refractivity contribution in [1.29, 1.82) is 0 Å². The van der Waals surface area contributed by atoms with Gasteiger partial charge in [0, 0.05) is 18.7 Å². The number of carbonyl (C=O) groups excluding carboxylic acids is 3. The third-order valence-corrected chi connectivity index (χ3v) is 5.72. The molecule has 0 atom stereocenters. The number of benzene rings is 2. The second-order valence-electron chi connectivity index (χ2n) is 6.78. The summed E-state index contributed by atoms with van der Waals surface area (Å²) in [4.78, 5) is 42.9. The Morgan fingerprint density at radius 3 is 2.67 bits per heavy atom. The predicted molar refractivity (Wildman–Crippen MR) is 116 cm³/mol. The van der Waals surface area contributed by atoms with Gasteiger partial charge in [0.15, 0.2) is 5.13 Å². The quantitative estimate of drug-likeness (QED) is 0.625. The van der Waals surface area contributed by atoms with Gasteiger partial charge in [-0.25, -0.2) is 4.98 Å². The number of nitrogens with one attached hydrogen (secondary N) is 2. The molecule has 0 spiro atoms. The van der Waals surface area contributed by atoms with E-state index < -0.39 is 11.8 Å². The number of thiazole rings is 1. The van der Waals surface area contributed by atoms with E-state index in [0.717, 1.165) is 23.1 Å². The first-order chi connectivity index (χ1) is 14.5. The lowest BCUT2D eigenvalue weighted by Crippen LogP contribution is -2.35. The van der Waals surface area contributed by atoms with Crippen molar-refractivity contribution in [2.24, 2.45) is 0 Å². The van der Waals surface area contributed by atoms with E-state index in [1.807, 2.05) is 24.3 Å². The number of para-hydroxylation sites is 1. The average Bonchev–Trinajstić information content (AvgIpc) is 3.16. The number of aromatic nitrogens is 1. The summed E-state index contributed by atoms with van der Waals surface area (Å²) >= 11 is 1.29. The van der Waals surface area contributed by atoms with Crippen molar-refractivity contribution < 1.29 is 19.1 Å². The van der Waals surface area contributed by atoms with E-state index in [0.29, 0.717) is 35.2 Å². The van der Waals surface area contributed by atoms with Gasteiger partial charge in [0.25, 0.3) is 0 Å². The average molecular weight is 424 g/mol. The van der Waals surface area contributed by atoms with Crippen LogP contribution in [-0.4, -0.2) is 36.4 Å². The van der Waals surface area contributed by atoms with Crippen molar-refractivity contribution in [2.45, 2.75) is 19.3 Å². The molecule has 0 unspecified atom stereocenters. The number of hydrogen-bond donors (Lipinski definition) is 2. The molecule has 2 heterocycles. The number of ether oxygens (including phenoxy) is 1. The third-order valence-electron chi connectivity index (χ3n) is 4.77. The molecule has 154 valence electrons. The molecule has 2 N–H and O–H groups in total. The molecular weight excluding hydrogens is 404 g/mol.